The second kappa shape index (κ2) is 5.16. The molecule has 98 valence electrons. The topological polar surface area (TPSA) is 29.5 Å². The van der Waals surface area contributed by atoms with Crippen molar-refractivity contribution in [3.63, 3.8) is 0 Å². The normalized spacial score (nSPS) is 21.6. The Labute approximate surface area is 125 Å². The van der Waals surface area contributed by atoms with Gasteiger partial charge in [-0.05, 0) is 24.3 Å². The van der Waals surface area contributed by atoms with E-state index in [4.69, 9.17) is 16.3 Å². The van der Waals surface area contributed by atoms with E-state index in [-0.39, 0.29) is 6.10 Å². The summed E-state index contributed by atoms with van der Waals surface area (Å²) in [7, 11) is 0. The molecule has 2 aromatic carbocycles. The maximum atomic E-state index is 10.2. The smallest absolute Gasteiger partial charge is 0.128 e. The van der Waals surface area contributed by atoms with Crippen LogP contribution in [0.25, 0.3) is 0 Å². The number of aliphatic hydroxyl groups is 1. The van der Waals surface area contributed by atoms with Gasteiger partial charge in [0.2, 0.25) is 0 Å². The van der Waals surface area contributed by atoms with Crippen LogP contribution in [0.2, 0.25) is 5.02 Å². The first kappa shape index (κ1) is 13.0. The molecule has 1 aliphatic rings. The largest absolute Gasteiger partial charge is 0.485 e. The number of halogens is 2. The molecule has 0 saturated carbocycles. The summed E-state index contributed by atoms with van der Waals surface area (Å²) in [4.78, 5) is 0. The van der Waals surface area contributed by atoms with Gasteiger partial charge in [-0.3, -0.25) is 0 Å². The number of hydrogen-bond acceptors (Lipinski definition) is 2. The molecule has 0 aliphatic carbocycles. The Hall–Kier alpha value is -1.03. The van der Waals surface area contributed by atoms with Gasteiger partial charge in [-0.2, -0.15) is 0 Å². The molecule has 0 saturated heterocycles. The van der Waals surface area contributed by atoms with E-state index in [9.17, 15) is 5.11 Å². The van der Waals surface area contributed by atoms with Gasteiger partial charge in [0.05, 0.1) is 6.10 Å². The van der Waals surface area contributed by atoms with Crippen LogP contribution in [0.5, 0.6) is 5.75 Å². The summed E-state index contributed by atoms with van der Waals surface area (Å²) in [5.74, 6) is 0.734. The Balaban J connectivity index is 1.99. The monoisotopic (exact) mass is 338 g/mol. The van der Waals surface area contributed by atoms with Crippen molar-refractivity contribution in [2.45, 2.75) is 18.6 Å². The van der Waals surface area contributed by atoms with Crippen LogP contribution in [0.15, 0.2) is 46.9 Å². The summed E-state index contributed by atoms with van der Waals surface area (Å²) in [5, 5.41) is 10.9. The maximum absolute atomic E-state index is 10.2. The van der Waals surface area contributed by atoms with Crippen molar-refractivity contribution in [2.24, 2.45) is 0 Å². The molecular formula is C15H12BrClO2. The second-order valence-electron chi connectivity index (χ2n) is 4.56. The minimum absolute atomic E-state index is 0.196. The SMILES string of the molecule is OC1CC(c2cc(Cl)ccc2Br)Oc2ccccc21. The molecule has 0 bridgehead atoms. The lowest BCUT2D eigenvalue weighted by molar-refractivity contribution is 0.0654. The molecule has 1 aliphatic heterocycles. The zero-order valence-corrected chi connectivity index (χ0v) is 12.4. The summed E-state index contributed by atoms with van der Waals surface area (Å²) in [6.45, 7) is 0. The molecule has 2 unspecified atom stereocenters. The molecule has 1 heterocycles. The minimum atomic E-state index is -0.513. The third kappa shape index (κ3) is 2.50. The Morgan fingerprint density at radius 2 is 1.95 bits per heavy atom. The van der Waals surface area contributed by atoms with Gasteiger partial charge < -0.3 is 9.84 Å². The van der Waals surface area contributed by atoms with Gasteiger partial charge in [-0.25, -0.2) is 0 Å². The lowest BCUT2D eigenvalue weighted by Crippen LogP contribution is -2.19. The molecule has 0 radical (unpaired) electrons. The van der Waals surface area contributed by atoms with E-state index in [1.165, 1.54) is 0 Å². The first-order valence-electron chi connectivity index (χ1n) is 6.04. The summed E-state index contributed by atoms with van der Waals surface area (Å²) in [5.41, 5.74) is 1.80. The number of aliphatic hydroxyl groups excluding tert-OH is 1. The van der Waals surface area contributed by atoms with Crippen molar-refractivity contribution in [2.75, 3.05) is 0 Å². The van der Waals surface area contributed by atoms with Gasteiger partial charge >= 0.3 is 0 Å². The van der Waals surface area contributed by atoms with Gasteiger partial charge in [0.25, 0.3) is 0 Å². The van der Waals surface area contributed by atoms with E-state index in [1.807, 2.05) is 42.5 Å². The van der Waals surface area contributed by atoms with E-state index >= 15 is 0 Å². The summed E-state index contributed by atoms with van der Waals surface area (Å²) >= 11 is 9.54. The van der Waals surface area contributed by atoms with Crippen molar-refractivity contribution >= 4 is 27.5 Å². The average molecular weight is 340 g/mol. The number of para-hydroxylation sites is 1. The number of benzene rings is 2. The molecular weight excluding hydrogens is 328 g/mol. The Bertz CT molecular complexity index is 615. The fourth-order valence-electron chi connectivity index (χ4n) is 2.35. The zero-order chi connectivity index (χ0) is 13.4. The predicted molar refractivity (Wildman–Crippen MR) is 78.5 cm³/mol. The van der Waals surface area contributed by atoms with Crippen LogP contribution in [0.3, 0.4) is 0 Å². The fraction of sp³-hybridized carbons (Fsp3) is 0.200. The van der Waals surface area contributed by atoms with Crippen LogP contribution in [0.1, 0.15) is 29.8 Å². The van der Waals surface area contributed by atoms with Gasteiger partial charge in [0.1, 0.15) is 11.9 Å². The van der Waals surface area contributed by atoms with Crippen molar-refractivity contribution < 1.29 is 9.84 Å². The van der Waals surface area contributed by atoms with E-state index < -0.39 is 6.10 Å². The summed E-state index contributed by atoms with van der Waals surface area (Å²) < 4.78 is 6.91. The Kier molecular flexibility index (Phi) is 3.52. The lowest BCUT2D eigenvalue weighted by Gasteiger charge is -2.30. The standard InChI is InChI=1S/C15H12BrClO2/c16-12-6-5-9(17)7-11(12)15-8-13(18)10-3-1-2-4-14(10)19-15/h1-7,13,15,18H,8H2. The summed E-state index contributed by atoms with van der Waals surface area (Å²) in [6, 6.07) is 13.2. The Morgan fingerprint density at radius 1 is 1.16 bits per heavy atom. The Morgan fingerprint density at radius 3 is 2.79 bits per heavy atom. The van der Waals surface area contributed by atoms with Gasteiger partial charge in [0, 0.05) is 27.0 Å². The molecule has 0 aromatic heterocycles. The quantitative estimate of drug-likeness (QED) is 0.819. The second-order valence-corrected chi connectivity index (χ2v) is 5.85. The molecule has 1 N–H and O–H groups in total. The minimum Gasteiger partial charge on any atom is -0.485 e. The van der Waals surface area contributed by atoms with Crippen LogP contribution in [-0.2, 0) is 0 Å². The lowest BCUT2D eigenvalue weighted by atomic mass is 9.95. The van der Waals surface area contributed by atoms with Crippen LogP contribution >= 0.6 is 27.5 Å². The number of ether oxygens (including phenoxy) is 1. The molecule has 0 amide bonds. The number of hydrogen-bond donors (Lipinski definition) is 1. The highest BCUT2D eigenvalue weighted by molar-refractivity contribution is 9.10. The highest BCUT2D eigenvalue weighted by atomic mass is 79.9. The van der Waals surface area contributed by atoms with Gasteiger partial charge in [-0.1, -0.05) is 45.7 Å². The average Bonchev–Trinajstić information content (AvgIpc) is 2.41. The van der Waals surface area contributed by atoms with Crippen LogP contribution in [0.4, 0.5) is 0 Å². The van der Waals surface area contributed by atoms with Crippen molar-refractivity contribution in [3.8, 4) is 5.75 Å². The molecule has 2 nitrogen and oxygen atoms in total. The highest BCUT2D eigenvalue weighted by Crippen LogP contribution is 2.42. The molecule has 3 rings (SSSR count). The molecule has 2 atom stereocenters. The molecule has 2 aromatic rings. The molecule has 4 heteroatoms. The van der Waals surface area contributed by atoms with Crippen molar-refractivity contribution in [3.05, 3.63) is 63.1 Å². The van der Waals surface area contributed by atoms with E-state index in [2.05, 4.69) is 15.9 Å². The predicted octanol–water partition coefficient (Wildman–Crippen LogP) is 4.66. The molecule has 0 fully saturated rings. The zero-order valence-electron chi connectivity index (χ0n) is 10.0. The molecule has 19 heavy (non-hydrogen) atoms. The van der Waals surface area contributed by atoms with Crippen LogP contribution < -0.4 is 4.74 Å². The third-order valence-corrected chi connectivity index (χ3v) is 4.25. The van der Waals surface area contributed by atoms with Crippen molar-refractivity contribution in [1.82, 2.24) is 0 Å². The highest BCUT2D eigenvalue weighted by Gasteiger charge is 2.28. The van der Waals surface area contributed by atoms with Crippen LogP contribution in [0, 0.1) is 0 Å². The van der Waals surface area contributed by atoms with Gasteiger partial charge in [-0.15, -0.1) is 0 Å². The molecule has 0 spiro atoms. The van der Waals surface area contributed by atoms with Crippen molar-refractivity contribution in [1.29, 1.82) is 0 Å². The first-order chi connectivity index (χ1) is 9.15. The van der Waals surface area contributed by atoms with Gasteiger partial charge in [0.15, 0.2) is 0 Å². The van der Waals surface area contributed by atoms with Crippen LogP contribution in [-0.4, -0.2) is 5.11 Å². The third-order valence-electron chi connectivity index (χ3n) is 3.29. The van der Waals surface area contributed by atoms with E-state index in [0.29, 0.717) is 11.4 Å². The maximum Gasteiger partial charge on any atom is 0.128 e. The van der Waals surface area contributed by atoms with E-state index in [1.54, 1.807) is 0 Å². The number of rotatable bonds is 1. The number of fused-ring (bicyclic) bond motifs is 1. The summed E-state index contributed by atoms with van der Waals surface area (Å²) in [6.07, 6.45) is -0.186. The first-order valence-corrected chi connectivity index (χ1v) is 7.21. The fourth-order valence-corrected chi connectivity index (χ4v) is 3.03. The van der Waals surface area contributed by atoms with E-state index in [0.717, 1.165) is 21.3 Å².